The minimum atomic E-state index is -3.67. The van der Waals surface area contributed by atoms with Crippen molar-refractivity contribution in [2.45, 2.75) is 26.8 Å². The van der Waals surface area contributed by atoms with Gasteiger partial charge in [0.25, 0.3) is 0 Å². The number of nitrogens with one attached hydrogen (secondary N) is 1. The Morgan fingerprint density at radius 1 is 1.22 bits per heavy atom. The summed E-state index contributed by atoms with van der Waals surface area (Å²) in [5.41, 5.74) is 1.97. The Labute approximate surface area is 168 Å². The summed E-state index contributed by atoms with van der Waals surface area (Å²) in [6.45, 7) is 5.85. The van der Waals surface area contributed by atoms with Crippen molar-refractivity contribution in [1.29, 1.82) is 0 Å². The maximum atomic E-state index is 12.7. The van der Waals surface area contributed by atoms with Crippen molar-refractivity contribution in [3.63, 3.8) is 0 Å². The van der Waals surface area contributed by atoms with Crippen LogP contribution >= 0.6 is 15.9 Å². The van der Waals surface area contributed by atoms with Crippen LogP contribution in [0.15, 0.2) is 46.9 Å². The predicted octanol–water partition coefficient (Wildman–Crippen LogP) is 3.95. The third-order valence-corrected chi connectivity index (χ3v) is 6.05. The smallest absolute Gasteiger partial charge is 0.247 e. The first kappa shape index (κ1) is 21.2. The number of benzene rings is 2. The minimum absolute atomic E-state index is 0.399. The largest absolute Gasteiger partial charge is 0.494 e. The van der Waals surface area contributed by atoms with E-state index >= 15 is 0 Å². The highest BCUT2D eigenvalue weighted by Gasteiger charge is 2.29. The van der Waals surface area contributed by atoms with Crippen LogP contribution < -0.4 is 14.4 Å². The number of anilines is 2. The van der Waals surface area contributed by atoms with Gasteiger partial charge in [-0.2, -0.15) is 0 Å². The standard InChI is InChI=1S/C19H23BrN2O4S/c1-5-26-17-9-7-16(8-10-17)22(27(4,24)25)14(3)19(23)21-15-6-11-18(20)13(2)12-15/h6-12,14H,5H2,1-4H3,(H,21,23)/t14-/m0/s1. The van der Waals surface area contributed by atoms with Crippen molar-refractivity contribution in [2.75, 3.05) is 22.5 Å². The second-order valence-corrected chi connectivity index (χ2v) is 8.83. The number of rotatable bonds is 7. The molecule has 1 atom stereocenters. The number of carbonyl (C=O) groups excluding carboxylic acids is 1. The van der Waals surface area contributed by atoms with Crippen LogP contribution in [0.3, 0.4) is 0 Å². The number of amides is 1. The first-order chi connectivity index (χ1) is 12.6. The molecule has 2 aromatic carbocycles. The Morgan fingerprint density at radius 3 is 2.37 bits per heavy atom. The quantitative estimate of drug-likeness (QED) is 0.686. The highest BCUT2D eigenvalue weighted by molar-refractivity contribution is 9.10. The summed E-state index contributed by atoms with van der Waals surface area (Å²) < 4.78 is 32.1. The lowest BCUT2D eigenvalue weighted by Gasteiger charge is -2.28. The summed E-state index contributed by atoms with van der Waals surface area (Å²) in [6.07, 6.45) is 1.08. The zero-order valence-electron chi connectivity index (χ0n) is 15.7. The van der Waals surface area contributed by atoms with Crippen LogP contribution in [0.2, 0.25) is 0 Å². The molecule has 0 aromatic heterocycles. The van der Waals surface area contributed by atoms with Crippen LogP contribution in [0.25, 0.3) is 0 Å². The summed E-state index contributed by atoms with van der Waals surface area (Å²) in [7, 11) is -3.67. The molecule has 1 N–H and O–H groups in total. The van der Waals surface area contributed by atoms with Crippen molar-refractivity contribution in [3.8, 4) is 5.75 Å². The summed E-state index contributed by atoms with van der Waals surface area (Å²) in [4.78, 5) is 12.7. The molecule has 0 fully saturated rings. The Kier molecular flexibility index (Phi) is 6.89. The molecular formula is C19H23BrN2O4S. The Hall–Kier alpha value is -2.06. The number of hydrogen-bond acceptors (Lipinski definition) is 4. The summed E-state index contributed by atoms with van der Waals surface area (Å²) in [5, 5.41) is 2.77. The Morgan fingerprint density at radius 2 is 1.85 bits per heavy atom. The minimum Gasteiger partial charge on any atom is -0.494 e. The normalized spacial score (nSPS) is 12.3. The number of hydrogen-bond donors (Lipinski definition) is 1. The van der Waals surface area contributed by atoms with E-state index in [1.165, 1.54) is 0 Å². The zero-order valence-corrected chi connectivity index (χ0v) is 18.1. The van der Waals surface area contributed by atoms with Crippen LogP contribution in [-0.4, -0.2) is 33.2 Å². The van der Waals surface area contributed by atoms with Crippen molar-refractivity contribution < 1.29 is 17.9 Å². The van der Waals surface area contributed by atoms with Crippen molar-refractivity contribution in [3.05, 3.63) is 52.5 Å². The van der Waals surface area contributed by atoms with Crippen molar-refractivity contribution >= 4 is 43.2 Å². The molecule has 0 aliphatic rings. The van der Waals surface area contributed by atoms with Gasteiger partial charge >= 0.3 is 0 Å². The van der Waals surface area contributed by atoms with E-state index in [9.17, 15) is 13.2 Å². The van der Waals surface area contributed by atoms with E-state index in [2.05, 4.69) is 21.2 Å². The fraction of sp³-hybridized carbons (Fsp3) is 0.316. The van der Waals surface area contributed by atoms with E-state index in [1.807, 2.05) is 26.0 Å². The van der Waals surface area contributed by atoms with E-state index in [1.54, 1.807) is 37.3 Å². The highest BCUT2D eigenvalue weighted by Crippen LogP contribution is 2.25. The second kappa shape index (κ2) is 8.75. The zero-order chi connectivity index (χ0) is 20.2. The van der Waals surface area contributed by atoms with E-state index < -0.39 is 22.0 Å². The lowest BCUT2D eigenvalue weighted by Crippen LogP contribution is -2.45. The fourth-order valence-corrected chi connectivity index (χ4v) is 4.06. The van der Waals surface area contributed by atoms with Gasteiger partial charge in [0.1, 0.15) is 11.8 Å². The van der Waals surface area contributed by atoms with Gasteiger partial charge in [0, 0.05) is 10.2 Å². The average molecular weight is 455 g/mol. The van der Waals surface area contributed by atoms with Gasteiger partial charge in [-0.15, -0.1) is 0 Å². The van der Waals surface area contributed by atoms with Gasteiger partial charge in [0.05, 0.1) is 18.6 Å². The first-order valence-corrected chi connectivity index (χ1v) is 11.1. The molecule has 0 saturated carbocycles. The first-order valence-electron chi connectivity index (χ1n) is 8.42. The van der Waals surface area contributed by atoms with Gasteiger partial charge in [-0.3, -0.25) is 9.10 Å². The van der Waals surface area contributed by atoms with Crippen LogP contribution in [0.1, 0.15) is 19.4 Å². The molecule has 0 aliphatic heterocycles. The van der Waals surface area contributed by atoms with Crippen molar-refractivity contribution in [2.24, 2.45) is 0 Å². The van der Waals surface area contributed by atoms with Crippen LogP contribution in [0.5, 0.6) is 5.75 Å². The van der Waals surface area contributed by atoms with Gasteiger partial charge in [0.15, 0.2) is 0 Å². The number of carbonyl (C=O) groups is 1. The van der Waals surface area contributed by atoms with E-state index in [0.29, 0.717) is 23.7 Å². The Balaban J connectivity index is 2.27. The van der Waals surface area contributed by atoms with Crippen LogP contribution in [0, 0.1) is 6.92 Å². The van der Waals surface area contributed by atoms with Gasteiger partial charge in [-0.1, -0.05) is 15.9 Å². The molecule has 0 heterocycles. The third kappa shape index (κ3) is 5.46. The molecule has 0 unspecified atom stereocenters. The summed E-state index contributed by atoms with van der Waals surface area (Å²) in [6, 6.07) is 11.1. The molecule has 2 aromatic rings. The average Bonchev–Trinajstić information content (AvgIpc) is 2.59. The fourth-order valence-electron chi connectivity index (χ4n) is 2.63. The number of halogens is 1. The van der Waals surface area contributed by atoms with E-state index in [-0.39, 0.29) is 0 Å². The van der Waals surface area contributed by atoms with Crippen LogP contribution in [0.4, 0.5) is 11.4 Å². The SMILES string of the molecule is CCOc1ccc(N([C@@H](C)C(=O)Nc2ccc(Br)c(C)c2)S(C)(=O)=O)cc1. The lowest BCUT2D eigenvalue weighted by atomic mass is 10.2. The Bertz CT molecular complexity index is 914. The predicted molar refractivity (Wildman–Crippen MR) is 112 cm³/mol. The number of nitrogens with zero attached hydrogens (tertiary/aromatic N) is 1. The highest BCUT2D eigenvalue weighted by atomic mass is 79.9. The molecule has 8 heteroatoms. The van der Waals surface area contributed by atoms with Gasteiger partial charge < -0.3 is 10.1 Å². The number of aryl methyl sites for hydroxylation is 1. The monoisotopic (exact) mass is 454 g/mol. The number of sulfonamides is 1. The molecular weight excluding hydrogens is 432 g/mol. The lowest BCUT2D eigenvalue weighted by molar-refractivity contribution is -0.116. The summed E-state index contributed by atoms with van der Waals surface area (Å²) in [5.74, 6) is 0.216. The molecule has 0 spiro atoms. The van der Waals surface area contributed by atoms with Crippen LogP contribution in [-0.2, 0) is 14.8 Å². The molecule has 0 aliphatic carbocycles. The van der Waals surface area contributed by atoms with E-state index in [0.717, 1.165) is 20.6 Å². The molecule has 0 bridgehead atoms. The van der Waals surface area contributed by atoms with E-state index in [4.69, 9.17) is 4.74 Å². The van der Waals surface area contributed by atoms with Gasteiger partial charge in [-0.05, 0) is 68.8 Å². The molecule has 2 rings (SSSR count). The topological polar surface area (TPSA) is 75.7 Å². The maximum absolute atomic E-state index is 12.7. The van der Waals surface area contributed by atoms with Crippen molar-refractivity contribution in [1.82, 2.24) is 0 Å². The molecule has 0 saturated heterocycles. The summed E-state index contributed by atoms with van der Waals surface area (Å²) >= 11 is 3.41. The second-order valence-electron chi connectivity index (χ2n) is 6.11. The van der Waals surface area contributed by atoms with Gasteiger partial charge in [-0.25, -0.2) is 8.42 Å². The molecule has 27 heavy (non-hydrogen) atoms. The molecule has 0 radical (unpaired) electrons. The maximum Gasteiger partial charge on any atom is 0.247 e. The number of ether oxygens (including phenoxy) is 1. The van der Waals surface area contributed by atoms with Gasteiger partial charge in [0.2, 0.25) is 15.9 Å². The molecule has 6 nitrogen and oxygen atoms in total. The molecule has 146 valence electrons. The molecule has 1 amide bonds. The third-order valence-electron chi connectivity index (χ3n) is 3.92.